The molecule has 0 radical (unpaired) electrons. The molecule has 1 aliphatic carbocycles. The topological polar surface area (TPSA) is 104 Å². The van der Waals surface area contributed by atoms with E-state index in [4.69, 9.17) is 5.73 Å². The highest BCUT2D eigenvalue weighted by Gasteiger charge is 2.47. The summed E-state index contributed by atoms with van der Waals surface area (Å²) in [4.78, 5) is 16.1. The van der Waals surface area contributed by atoms with Crippen molar-refractivity contribution in [2.75, 3.05) is 24.2 Å². The van der Waals surface area contributed by atoms with E-state index in [1.54, 1.807) is 24.3 Å². The van der Waals surface area contributed by atoms with Crippen LogP contribution in [0.2, 0.25) is 0 Å². The molecule has 2 fully saturated rings. The number of nitrogens with one attached hydrogen (secondary N) is 2. The summed E-state index contributed by atoms with van der Waals surface area (Å²) in [6.45, 7) is 1.73. The first-order valence-corrected chi connectivity index (χ1v) is 17.0. The van der Waals surface area contributed by atoms with E-state index in [2.05, 4.69) is 27.7 Å². The summed E-state index contributed by atoms with van der Waals surface area (Å²) in [5, 5.41) is 6.52. The Morgan fingerprint density at radius 2 is 1.80 bits per heavy atom. The van der Waals surface area contributed by atoms with Gasteiger partial charge in [-0.25, -0.2) is 17.2 Å². The first-order chi connectivity index (χ1) is 21.3. The van der Waals surface area contributed by atoms with Crippen molar-refractivity contribution in [3.63, 3.8) is 0 Å². The van der Waals surface area contributed by atoms with E-state index >= 15 is 4.39 Å². The van der Waals surface area contributed by atoms with Crippen molar-refractivity contribution in [2.45, 2.75) is 75.0 Å². The van der Waals surface area contributed by atoms with Gasteiger partial charge in [0.15, 0.2) is 0 Å². The molecule has 2 aliphatic heterocycles. The molecule has 6 rings (SSSR count). The molecule has 3 aliphatic rings. The number of amides is 1. The lowest BCUT2D eigenvalue weighted by Crippen LogP contribution is -2.49. The fourth-order valence-electron chi connectivity index (χ4n) is 7.17. The van der Waals surface area contributed by atoms with Crippen molar-refractivity contribution in [3.8, 4) is 0 Å². The van der Waals surface area contributed by atoms with Crippen LogP contribution in [0.5, 0.6) is 0 Å². The molecule has 2 saturated heterocycles. The van der Waals surface area contributed by atoms with Crippen LogP contribution in [0.4, 0.5) is 14.5 Å². The Hall–Kier alpha value is -3.18. The average Bonchev–Trinajstić information content (AvgIpc) is 3.68. The predicted octanol–water partition coefficient (Wildman–Crippen LogP) is 3.90. The zero-order valence-electron chi connectivity index (χ0n) is 24.7. The average molecular weight is 623 g/mol. The number of carbonyl (C=O) groups excluding carboxylic acids is 1. The van der Waals surface area contributed by atoms with Crippen LogP contribution >= 0.6 is 0 Å². The Morgan fingerprint density at radius 1 is 1.02 bits per heavy atom. The molecule has 4 unspecified atom stereocenters. The summed E-state index contributed by atoms with van der Waals surface area (Å²) >= 11 is 0. The maximum Gasteiger partial charge on any atom is 0.242 e. The van der Waals surface area contributed by atoms with Crippen LogP contribution in [0.1, 0.15) is 59.4 Å². The van der Waals surface area contributed by atoms with Crippen LogP contribution in [-0.4, -0.2) is 62.2 Å². The highest BCUT2D eigenvalue weighted by molar-refractivity contribution is 7.72. The molecular formula is C34H40F2N4O3S. The zero-order chi connectivity index (χ0) is 30.8. The Kier molecular flexibility index (Phi) is 9.42. The van der Waals surface area contributed by atoms with Crippen molar-refractivity contribution in [3.05, 3.63) is 100 Å². The lowest BCUT2D eigenvalue weighted by molar-refractivity contribution is -0.117. The second-order valence-corrected chi connectivity index (χ2v) is 13.5. The molecule has 7 nitrogen and oxygen atoms in total. The lowest BCUT2D eigenvalue weighted by atomic mass is 9.83. The van der Waals surface area contributed by atoms with Gasteiger partial charge in [0.2, 0.25) is 5.91 Å². The number of aryl methyl sites for hydroxylation is 2. The van der Waals surface area contributed by atoms with E-state index in [0.717, 1.165) is 49.9 Å². The van der Waals surface area contributed by atoms with Gasteiger partial charge in [0.05, 0.1) is 6.04 Å². The van der Waals surface area contributed by atoms with Gasteiger partial charge in [-0.05, 0) is 91.5 Å². The highest BCUT2D eigenvalue weighted by atomic mass is 32.2. The van der Waals surface area contributed by atoms with Gasteiger partial charge in [0.25, 0.3) is 0 Å². The number of fused-ring (bicyclic) bond motifs is 2. The summed E-state index contributed by atoms with van der Waals surface area (Å²) in [5.74, 6) is -1.46. The third kappa shape index (κ3) is 6.88. The van der Waals surface area contributed by atoms with Gasteiger partial charge in [-0.15, -0.1) is 0 Å². The zero-order valence-corrected chi connectivity index (χ0v) is 25.6. The SMILES string of the molecule is N[C@H](C(=O)Nc1cccc(F)c1CCC1NCC(CCC[SH](=O)=O)N2CC12)[C@@H](c1ccc(F)cc1)c1ccc2c(c1)CCC2. The summed E-state index contributed by atoms with van der Waals surface area (Å²) < 4.78 is 50.8. The molecule has 0 bridgehead atoms. The third-order valence-corrected chi connectivity index (χ3v) is 10.3. The van der Waals surface area contributed by atoms with Crippen molar-refractivity contribution in [1.29, 1.82) is 0 Å². The number of halogens is 2. The van der Waals surface area contributed by atoms with Gasteiger partial charge in [-0.2, -0.15) is 0 Å². The van der Waals surface area contributed by atoms with E-state index in [1.165, 1.54) is 29.3 Å². The van der Waals surface area contributed by atoms with Crippen LogP contribution < -0.4 is 16.4 Å². The number of carbonyl (C=O) groups is 1. The number of hydrogen-bond donors (Lipinski definition) is 4. The van der Waals surface area contributed by atoms with Crippen LogP contribution in [-0.2, 0) is 34.8 Å². The number of nitrogens with zero attached hydrogens (tertiary/aromatic N) is 1. The summed E-state index contributed by atoms with van der Waals surface area (Å²) in [5.41, 5.74) is 11.7. The Balaban J connectivity index is 1.14. The van der Waals surface area contributed by atoms with Crippen molar-refractivity contribution < 1.29 is 22.0 Å². The van der Waals surface area contributed by atoms with Crippen LogP contribution in [0.3, 0.4) is 0 Å². The van der Waals surface area contributed by atoms with Crippen LogP contribution in [0.25, 0.3) is 0 Å². The second-order valence-electron chi connectivity index (χ2n) is 12.4. The molecule has 4 N–H and O–H groups in total. The second kappa shape index (κ2) is 13.4. The Bertz CT molecular complexity index is 1570. The number of piperazine rings is 1. The summed E-state index contributed by atoms with van der Waals surface area (Å²) in [7, 11) is -2.34. The first-order valence-electron chi connectivity index (χ1n) is 15.6. The van der Waals surface area contributed by atoms with Gasteiger partial charge in [0.1, 0.15) is 22.3 Å². The van der Waals surface area contributed by atoms with Gasteiger partial charge in [-0.1, -0.05) is 36.4 Å². The summed E-state index contributed by atoms with van der Waals surface area (Å²) in [6, 6.07) is 16.9. The van der Waals surface area contributed by atoms with E-state index in [1.807, 2.05) is 6.07 Å². The molecule has 2 heterocycles. The molecule has 1 amide bonds. The Labute approximate surface area is 259 Å². The molecule has 0 spiro atoms. The molecule has 0 aromatic heterocycles. The quantitative estimate of drug-likeness (QED) is 0.181. The predicted molar refractivity (Wildman–Crippen MR) is 169 cm³/mol. The van der Waals surface area contributed by atoms with Gasteiger partial charge in [-0.3, -0.25) is 9.69 Å². The van der Waals surface area contributed by atoms with E-state index in [0.29, 0.717) is 42.6 Å². The molecule has 6 atom stereocenters. The van der Waals surface area contributed by atoms with E-state index in [9.17, 15) is 17.6 Å². The molecule has 44 heavy (non-hydrogen) atoms. The van der Waals surface area contributed by atoms with Crippen LogP contribution in [0.15, 0.2) is 60.7 Å². The van der Waals surface area contributed by atoms with Gasteiger partial charge >= 0.3 is 0 Å². The van der Waals surface area contributed by atoms with E-state index in [-0.39, 0.29) is 23.4 Å². The molecule has 234 valence electrons. The van der Waals surface area contributed by atoms with Gasteiger partial charge in [0, 0.05) is 54.1 Å². The molecule has 0 saturated carbocycles. The molecule has 3 aromatic carbocycles. The van der Waals surface area contributed by atoms with Gasteiger partial charge < -0.3 is 16.4 Å². The summed E-state index contributed by atoms with van der Waals surface area (Å²) in [6.07, 6.45) is 5.74. The minimum Gasteiger partial charge on any atom is -0.324 e. The minimum atomic E-state index is -2.34. The fraction of sp³-hybridized carbons (Fsp3) is 0.441. The number of hydrogen-bond acceptors (Lipinski definition) is 6. The largest absolute Gasteiger partial charge is 0.324 e. The monoisotopic (exact) mass is 622 g/mol. The number of anilines is 1. The molecule has 3 aromatic rings. The number of benzene rings is 3. The first kappa shape index (κ1) is 30.8. The maximum atomic E-state index is 15.2. The lowest BCUT2D eigenvalue weighted by Gasteiger charge is -2.31. The number of rotatable bonds is 12. The van der Waals surface area contributed by atoms with Crippen molar-refractivity contribution in [1.82, 2.24) is 10.2 Å². The maximum absolute atomic E-state index is 15.2. The van der Waals surface area contributed by atoms with Crippen LogP contribution in [0, 0.1) is 11.6 Å². The highest BCUT2D eigenvalue weighted by Crippen LogP contribution is 2.35. The van der Waals surface area contributed by atoms with Crippen molar-refractivity contribution >= 4 is 22.3 Å². The minimum absolute atomic E-state index is 0.190. The number of nitrogens with two attached hydrogens (primary N) is 1. The number of thiol groups is 1. The van der Waals surface area contributed by atoms with Crippen molar-refractivity contribution in [2.24, 2.45) is 5.73 Å². The normalized spacial score (nSPS) is 23.5. The smallest absolute Gasteiger partial charge is 0.242 e. The van der Waals surface area contributed by atoms with E-state index < -0.39 is 28.6 Å². The Morgan fingerprint density at radius 3 is 2.59 bits per heavy atom. The standard InChI is InChI=1S/C34H40F2N4O3S/c35-25-13-11-22(12-14-25)32(24-10-9-21-4-1-5-23(21)18-24)33(37)34(41)39-29-8-2-7-28(36)27(29)15-16-30-31-20-40(31)26(19-38-30)6-3-17-44(42)43/h2,7-14,18,26,30-33,38,44H,1,3-6,15-17,19-20,37H2,(H,39,41)/t26?,30?,31?,32-,33-,40?/m0/s1. The third-order valence-electron chi connectivity index (χ3n) is 9.57. The molecular weight excluding hydrogens is 582 g/mol. The molecule has 10 heteroatoms. The fourth-order valence-corrected chi connectivity index (χ4v) is 7.61.